The van der Waals surface area contributed by atoms with Gasteiger partial charge in [-0.2, -0.15) is 0 Å². The fourth-order valence-corrected chi connectivity index (χ4v) is 3.63. The molecule has 6 nitrogen and oxygen atoms in total. The quantitative estimate of drug-likeness (QED) is 0.894. The van der Waals surface area contributed by atoms with Crippen molar-refractivity contribution in [3.8, 4) is 10.6 Å². The van der Waals surface area contributed by atoms with Crippen LogP contribution >= 0.6 is 11.3 Å². The minimum atomic E-state index is -0.307. The van der Waals surface area contributed by atoms with Gasteiger partial charge in [-0.25, -0.2) is 9.78 Å². The van der Waals surface area contributed by atoms with Gasteiger partial charge in [-0.3, -0.25) is 4.79 Å². The Kier molecular flexibility index (Phi) is 5.10. The zero-order valence-corrected chi connectivity index (χ0v) is 14.1. The lowest BCUT2D eigenvalue weighted by Crippen LogP contribution is -2.43. The number of nitrogens with one attached hydrogen (secondary N) is 1. The van der Waals surface area contributed by atoms with Crippen LogP contribution in [0.3, 0.4) is 0 Å². The Bertz CT molecular complexity index is 717. The van der Waals surface area contributed by atoms with Crippen molar-refractivity contribution in [2.24, 2.45) is 11.7 Å². The van der Waals surface area contributed by atoms with Crippen molar-refractivity contribution in [2.45, 2.75) is 19.3 Å². The number of rotatable bonds is 4. The largest absolute Gasteiger partial charge is 0.370 e. The maximum atomic E-state index is 12.5. The van der Waals surface area contributed by atoms with E-state index in [1.54, 1.807) is 22.4 Å². The molecule has 1 fully saturated rings. The number of piperidine rings is 1. The molecular weight excluding hydrogens is 324 g/mol. The summed E-state index contributed by atoms with van der Waals surface area (Å²) in [6.07, 6.45) is 3.93. The molecule has 126 valence electrons. The first-order chi connectivity index (χ1) is 11.6. The fraction of sp³-hybridized carbons (Fsp3) is 0.353. The second kappa shape index (κ2) is 7.44. The zero-order chi connectivity index (χ0) is 16.9. The standard InChI is InChI=1S/C17H20N4O2S/c18-15(22)9-12-3-2-7-21(11-12)17(23)20-14-5-1-4-13(10-14)16-19-6-8-24-16/h1,4-6,8,10,12H,2-3,7,9,11H2,(H2,18,22)(H,20,23)/t12-/m1/s1. The van der Waals surface area contributed by atoms with Crippen LogP contribution < -0.4 is 11.1 Å². The number of hydrogen-bond donors (Lipinski definition) is 2. The number of nitrogens with zero attached hydrogens (tertiary/aromatic N) is 2. The van der Waals surface area contributed by atoms with Gasteiger partial charge in [0.1, 0.15) is 5.01 Å². The molecule has 0 bridgehead atoms. The fourth-order valence-electron chi connectivity index (χ4n) is 3.00. The lowest BCUT2D eigenvalue weighted by Gasteiger charge is -2.32. The SMILES string of the molecule is NC(=O)C[C@H]1CCCN(C(=O)Nc2cccc(-c3nccs3)c2)C1. The molecule has 24 heavy (non-hydrogen) atoms. The number of hydrogen-bond acceptors (Lipinski definition) is 4. The highest BCUT2D eigenvalue weighted by molar-refractivity contribution is 7.13. The first-order valence-electron chi connectivity index (χ1n) is 7.96. The van der Waals surface area contributed by atoms with Gasteiger partial charge < -0.3 is 16.0 Å². The predicted molar refractivity (Wildman–Crippen MR) is 94.7 cm³/mol. The van der Waals surface area contributed by atoms with E-state index in [2.05, 4.69) is 10.3 Å². The molecule has 0 unspecified atom stereocenters. The third-order valence-electron chi connectivity index (χ3n) is 4.09. The monoisotopic (exact) mass is 344 g/mol. The number of thiazole rings is 1. The normalized spacial score (nSPS) is 17.5. The van der Waals surface area contributed by atoms with Gasteiger partial charge in [0.15, 0.2) is 0 Å². The smallest absolute Gasteiger partial charge is 0.321 e. The van der Waals surface area contributed by atoms with Gasteiger partial charge in [0.05, 0.1) is 0 Å². The van der Waals surface area contributed by atoms with E-state index in [1.165, 1.54) is 0 Å². The molecule has 0 saturated carbocycles. The summed E-state index contributed by atoms with van der Waals surface area (Å²) in [6.45, 7) is 1.27. The number of amides is 3. The maximum absolute atomic E-state index is 12.5. The Balaban J connectivity index is 1.64. The van der Waals surface area contributed by atoms with Gasteiger partial charge in [0, 0.05) is 42.3 Å². The minimum Gasteiger partial charge on any atom is -0.370 e. The topological polar surface area (TPSA) is 88.3 Å². The van der Waals surface area contributed by atoms with Crippen molar-refractivity contribution in [2.75, 3.05) is 18.4 Å². The number of nitrogens with two attached hydrogens (primary N) is 1. The molecule has 3 N–H and O–H groups in total. The zero-order valence-electron chi connectivity index (χ0n) is 13.3. The lowest BCUT2D eigenvalue weighted by atomic mass is 9.95. The molecule has 7 heteroatoms. The molecule has 1 aromatic carbocycles. The van der Waals surface area contributed by atoms with Crippen LogP contribution in [0.4, 0.5) is 10.5 Å². The summed E-state index contributed by atoms with van der Waals surface area (Å²) >= 11 is 1.56. The van der Waals surface area contributed by atoms with Crippen LogP contribution in [0.1, 0.15) is 19.3 Å². The lowest BCUT2D eigenvalue weighted by molar-refractivity contribution is -0.119. The highest BCUT2D eigenvalue weighted by atomic mass is 32.1. The maximum Gasteiger partial charge on any atom is 0.321 e. The van der Waals surface area contributed by atoms with Crippen LogP contribution in [0.2, 0.25) is 0 Å². The van der Waals surface area contributed by atoms with Gasteiger partial charge in [-0.15, -0.1) is 11.3 Å². The molecule has 1 aliphatic rings. The van der Waals surface area contributed by atoms with Crippen LogP contribution in [0.25, 0.3) is 10.6 Å². The van der Waals surface area contributed by atoms with Crippen LogP contribution in [0, 0.1) is 5.92 Å². The van der Waals surface area contributed by atoms with E-state index in [4.69, 9.17) is 5.73 Å². The molecular formula is C17H20N4O2S. The van der Waals surface area contributed by atoms with Crippen LogP contribution in [-0.2, 0) is 4.79 Å². The number of aromatic nitrogens is 1. The molecule has 3 amide bonds. The number of anilines is 1. The number of benzene rings is 1. The molecule has 1 saturated heterocycles. The highest BCUT2D eigenvalue weighted by Crippen LogP contribution is 2.25. The number of carbonyl (C=O) groups is 2. The summed E-state index contributed by atoms with van der Waals surface area (Å²) in [5.74, 6) is -0.151. The van der Waals surface area contributed by atoms with Crippen LogP contribution in [0.5, 0.6) is 0 Å². The molecule has 0 spiro atoms. The van der Waals surface area contributed by atoms with Crippen molar-refractivity contribution in [3.63, 3.8) is 0 Å². The van der Waals surface area contributed by atoms with Crippen LogP contribution in [0.15, 0.2) is 35.8 Å². The van der Waals surface area contributed by atoms with E-state index in [1.807, 2.05) is 29.6 Å². The molecule has 1 aromatic heterocycles. The van der Waals surface area contributed by atoms with Crippen molar-refractivity contribution < 1.29 is 9.59 Å². The summed E-state index contributed by atoms with van der Waals surface area (Å²) in [5, 5.41) is 5.78. The number of carbonyl (C=O) groups excluding carboxylic acids is 2. The van der Waals surface area contributed by atoms with Crippen LogP contribution in [-0.4, -0.2) is 34.9 Å². The predicted octanol–water partition coefficient (Wildman–Crippen LogP) is 2.93. The summed E-state index contributed by atoms with van der Waals surface area (Å²) in [6, 6.07) is 7.51. The van der Waals surface area contributed by atoms with E-state index in [0.717, 1.165) is 29.1 Å². The highest BCUT2D eigenvalue weighted by Gasteiger charge is 2.24. The minimum absolute atomic E-state index is 0.138. The first kappa shape index (κ1) is 16.4. The molecule has 0 radical (unpaired) electrons. The average Bonchev–Trinajstić information content (AvgIpc) is 3.09. The van der Waals surface area contributed by atoms with E-state index in [9.17, 15) is 9.59 Å². The Morgan fingerprint density at radius 2 is 2.29 bits per heavy atom. The molecule has 3 rings (SSSR count). The van der Waals surface area contributed by atoms with E-state index < -0.39 is 0 Å². The Hall–Kier alpha value is -2.41. The Morgan fingerprint density at radius 3 is 3.04 bits per heavy atom. The van der Waals surface area contributed by atoms with Gasteiger partial charge in [-0.1, -0.05) is 12.1 Å². The molecule has 1 aliphatic heterocycles. The second-order valence-corrected chi connectivity index (χ2v) is 6.87. The molecule has 2 heterocycles. The van der Waals surface area contributed by atoms with Crippen molar-refractivity contribution in [1.82, 2.24) is 9.88 Å². The van der Waals surface area contributed by atoms with Crippen molar-refractivity contribution in [3.05, 3.63) is 35.8 Å². The summed E-state index contributed by atoms with van der Waals surface area (Å²) in [4.78, 5) is 29.6. The van der Waals surface area contributed by atoms with E-state index in [0.29, 0.717) is 19.5 Å². The Labute approximate surface area is 144 Å². The second-order valence-electron chi connectivity index (χ2n) is 5.97. The van der Waals surface area contributed by atoms with E-state index >= 15 is 0 Å². The van der Waals surface area contributed by atoms with Gasteiger partial charge in [0.25, 0.3) is 0 Å². The van der Waals surface area contributed by atoms with Crippen molar-refractivity contribution in [1.29, 1.82) is 0 Å². The molecule has 1 atom stereocenters. The van der Waals surface area contributed by atoms with Gasteiger partial charge in [-0.05, 0) is 30.9 Å². The summed E-state index contributed by atoms with van der Waals surface area (Å²) in [5.41, 5.74) is 6.99. The third kappa shape index (κ3) is 4.11. The molecule has 2 aromatic rings. The van der Waals surface area contributed by atoms with Crippen molar-refractivity contribution >= 4 is 29.0 Å². The third-order valence-corrected chi connectivity index (χ3v) is 4.91. The van der Waals surface area contributed by atoms with Gasteiger partial charge >= 0.3 is 6.03 Å². The number of urea groups is 1. The number of primary amides is 1. The summed E-state index contributed by atoms with van der Waals surface area (Å²) in [7, 11) is 0. The van der Waals surface area contributed by atoms with E-state index in [-0.39, 0.29) is 17.9 Å². The number of likely N-dealkylation sites (tertiary alicyclic amines) is 1. The average molecular weight is 344 g/mol. The summed E-state index contributed by atoms with van der Waals surface area (Å²) < 4.78 is 0. The molecule has 0 aliphatic carbocycles. The first-order valence-corrected chi connectivity index (χ1v) is 8.84. The Morgan fingerprint density at radius 1 is 1.42 bits per heavy atom. The van der Waals surface area contributed by atoms with Gasteiger partial charge in [0.2, 0.25) is 5.91 Å².